The minimum atomic E-state index is -0.453. The smallest absolute Gasteiger partial charge is 0.411 e. The van der Waals surface area contributed by atoms with Crippen molar-refractivity contribution in [2.45, 2.75) is 65.5 Å². The molecule has 7 heteroatoms. The molecule has 1 saturated carbocycles. The number of nitrogens with one attached hydrogen (secondary N) is 1. The maximum Gasteiger partial charge on any atom is 0.411 e. The maximum absolute atomic E-state index is 12.0. The van der Waals surface area contributed by atoms with Crippen LogP contribution in [0.4, 0.5) is 16.2 Å². The van der Waals surface area contributed by atoms with Crippen molar-refractivity contribution in [3.63, 3.8) is 0 Å². The zero-order chi connectivity index (χ0) is 25.7. The lowest BCUT2D eigenvalue weighted by molar-refractivity contribution is 0.130. The predicted octanol–water partition coefficient (Wildman–Crippen LogP) is 6.68. The van der Waals surface area contributed by atoms with Crippen molar-refractivity contribution >= 4 is 28.4 Å². The average Bonchev–Trinajstić information content (AvgIpc) is 3.09. The third kappa shape index (κ3) is 5.78. The van der Waals surface area contributed by atoms with Gasteiger partial charge in [-0.25, -0.2) is 4.79 Å². The zero-order valence-electron chi connectivity index (χ0n) is 22.0. The lowest BCUT2D eigenvalue weighted by atomic mass is 9.92. The molecule has 1 aliphatic rings. The monoisotopic (exact) mass is 492 g/mol. The number of aromatic nitrogens is 1. The molecule has 1 aromatic heterocycles. The molecule has 1 heterocycles. The van der Waals surface area contributed by atoms with E-state index in [1.54, 1.807) is 0 Å². The van der Waals surface area contributed by atoms with Crippen molar-refractivity contribution in [3.05, 3.63) is 42.5 Å². The Morgan fingerprint density at radius 2 is 1.86 bits per heavy atom. The van der Waals surface area contributed by atoms with E-state index in [0.717, 1.165) is 72.5 Å². The van der Waals surface area contributed by atoms with Crippen LogP contribution in [0, 0.1) is 0 Å². The molecule has 0 atom stereocenters. The molecule has 4 rings (SSSR count). The number of ether oxygens (including phenoxy) is 2. The summed E-state index contributed by atoms with van der Waals surface area (Å²) in [7, 11) is 0. The third-order valence-electron chi connectivity index (χ3n) is 6.98. The first-order valence-electron chi connectivity index (χ1n) is 13.3. The van der Waals surface area contributed by atoms with Crippen molar-refractivity contribution in [2.24, 2.45) is 0 Å². The third-order valence-corrected chi connectivity index (χ3v) is 6.98. The summed E-state index contributed by atoms with van der Waals surface area (Å²) in [5, 5.41) is 3.83. The highest BCUT2D eigenvalue weighted by atomic mass is 16.6. The fourth-order valence-electron chi connectivity index (χ4n) is 4.82. The summed E-state index contributed by atoms with van der Waals surface area (Å²) in [4.78, 5) is 14.4. The van der Waals surface area contributed by atoms with Crippen molar-refractivity contribution in [1.82, 2.24) is 9.47 Å². The summed E-state index contributed by atoms with van der Waals surface area (Å²) in [6, 6.07) is 14.5. The number of carbonyl (C=O) groups is 1. The number of hydrogen-bond acceptors (Lipinski definition) is 5. The number of anilines is 2. The first-order valence-corrected chi connectivity index (χ1v) is 13.3. The Labute approximate surface area is 214 Å². The number of benzene rings is 2. The first-order chi connectivity index (χ1) is 17.4. The van der Waals surface area contributed by atoms with Crippen LogP contribution in [-0.2, 0) is 4.74 Å². The molecular weight excluding hydrogens is 452 g/mol. The minimum absolute atomic E-state index is 0.168. The van der Waals surface area contributed by atoms with Crippen molar-refractivity contribution < 1.29 is 14.3 Å². The Morgan fingerprint density at radius 3 is 2.47 bits per heavy atom. The Kier molecular flexibility index (Phi) is 8.41. The van der Waals surface area contributed by atoms with Gasteiger partial charge < -0.3 is 24.7 Å². The molecule has 1 fully saturated rings. The summed E-state index contributed by atoms with van der Waals surface area (Å²) >= 11 is 0. The van der Waals surface area contributed by atoms with Gasteiger partial charge in [0.1, 0.15) is 5.75 Å². The summed E-state index contributed by atoms with van der Waals surface area (Å²) in [6.45, 7) is 11.9. The van der Waals surface area contributed by atoms with Crippen LogP contribution in [0.5, 0.6) is 5.75 Å². The van der Waals surface area contributed by atoms with Gasteiger partial charge in [0, 0.05) is 35.3 Å². The lowest BCUT2D eigenvalue weighted by Crippen LogP contribution is -2.25. The number of nitrogens with two attached hydrogens (primary N) is 1. The van der Waals surface area contributed by atoms with Crippen LogP contribution >= 0.6 is 0 Å². The van der Waals surface area contributed by atoms with E-state index in [2.05, 4.69) is 40.8 Å². The van der Waals surface area contributed by atoms with E-state index >= 15 is 0 Å². The van der Waals surface area contributed by atoms with Gasteiger partial charge in [0.05, 0.1) is 29.6 Å². The number of nitrogens with zero attached hydrogens (tertiary/aromatic N) is 2. The molecule has 0 spiro atoms. The van der Waals surface area contributed by atoms with Gasteiger partial charge in [-0.05, 0) is 76.9 Å². The second-order valence-electron chi connectivity index (χ2n) is 9.78. The molecule has 0 radical (unpaired) electrons. The molecule has 2 aromatic carbocycles. The number of amides is 1. The van der Waals surface area contributed by atoms with Crippen LogP contribution in [0.3, 0.4) is 0 Å². The van der Waals surface area contributed by atoms with Gasteiger partial charge in [0.15, 0.2) is 0 Å². The van der Waals surface area contributed by atoms with E-state index in [9.17, 15) is 4.79 Å². The molecule has 1 amide bonds. The Hall–Kier alpha value is -3.19. The SMILES string of the molecule is CCN(CC)CCCOc1ccc2c(N)c(-c3ccc(NC(=O)OC(C)C)cc3)n(C3CCC3)c2c1. The van der Waals surface area contributed by atoms with E-state index < -0.39 is 6.09 Å². The molecule has 0 aliphatic heterocycles. The minimum Gasteiger partial charge on any atom is -0.493 e. The van der Waals surface area contributed by atoms with E-state index in [-0.39, 0.29) is 6.10 Å². The highest BCUT2D eigenvalue weighted by Crippen LogP contribution is 2.44. The van der Waals surface area contributed by atoms with Gasteiger partial charge in [-0.1, -0.05) is 26.0 Å². The predicted molar refractivity (Wildman–Crippen MR) is 148 cm³/mol. The van der Waals surface area contributed by atoms with Gasteiger partial charge in [-0.3, -0.25) is 5.32 Å². The largest absolute Gasteiger partial charge is 0.493 e. The fourth-order valence-corrected chi connectivity index (χ4v) is 4.82. The van der Waals surface area contributed by atoms with Crippen LogP contribution in [0.25, 0.3) is 22.2 Å². The van der Waals surface area contributed by atoms with Crippen LogP contribution in [0.2, 0.25) is 0 Å². The molecular formula is C29H40N4O3. The maximum atomic E-state index is 12.0. The summed E-state index contributed by atoms with van der Waals surface area (Å²) < 4.78 is 13.7. The second-order valence-corrected chi connectivity index (χ2v) is 9.78. The second kappa shape index (κ2) is 11.7. The number of carbonyl (C=O) groups excluding carboxylic acids is 1. The molecule has 0 bridgehead atoms. The van der Waals surface area contributed by atoms with E-state index in [4.69, 9.17) is 15.2 Å². The number of hydrogen-bond donors (Lipinski definition) is 2. The quantitative estimate of drug-likeness (QED) is 0.292. The number of nitrogen functional groups attached to an aromatic ring is 1. The van der Waals surface area contributed by atoms with Gasteiger partial charge in [-0.15, -0.1) is 0 Å². The molecule has 1 aliphatic carbocycles. The zero-order valence-corrected chi connectivity index (χ0v) is 22.0. The standard InChI is InChI=1S/C29H40N4O3/c1-5-32(6-2)17-8-18-35-24-15-16-25-26(19-24)33(23-9-7-10-23)28(27(25)30)21-11-13-22(14-12-21)31-29(34)36-20(3)4/h11-16,19-20,23H,5-10,17-18,30H2,1-4H3,(H,31,34). The average molecular weight is 493 g/mol. The van der Waals surface area contributed by atoms with Gasteiger partial charge in [0.2, 0.25) is 0 Å². The molecule has 3 N–H and O–H groups in total. The topological polar surface area (TPSA) is 81.8 Å². The van der Waals surface area contributed by atoms with Crippen LogP contribution in [-0.4, -0.2) is 47.9 Å². The molecule has 7 nitrogen and oxygen atoms in total. The fraction of sp³-hybridized carbons (Fsp3) is 0.483. The lowest BCUT2D eigenvalue weighted by Gasteiger charge is -2.30. The van der Waals surface area contributed by atoms with Crippen molar-refractivity contribution in [2.75, 3.05) is 37.3 Å². The Morgan fingerprint density at radius 1 is 1.14 bits per heavy atom. The van der Waals surface area contributed by atoms with Gasteiger partial charge in [-0.2, -0.15) is 0 Å². The molecule has 3 aromatic rings. The van der Waals surface area contributed by atoms with E-state index in [0.29, 0.717) is 18.3 Å². The molecule has 36 heavy (non-hydrogen) atoms. The van der Waals surface area contributed by atoms with Crippen molar-refractivity contribution in [1.29, 1.82) is 0 Å². The number of fused-ring (bicyclic) bond motifs is 1. The summed E-state index contributed by atoms with van der Waals surface area (Å²) in [6.07, 6.45) is 3.90. The Balaban J connectivity index is 1.58. The molecule has 194 valence electrons. The summed E-state index contributed by atoms with van der Waals surface area (Å²) in [5.41, 5.74) is 11.4. The molecule has 0 saturated heterocycles. The molecule has 0 unspecified atom stereocenters. The Bertz CT molecular complexity index is 1160. The van der Waals surface area contributed by atoms with Crippen molar-refractivity contribution in [3.8, 4) is 17.0 Å². The van der Waals surface area contributed by atoms with Gasteiger partial charge in [0.25, 0.3) is 0 Å². The highest BCUT2D eigenvalue weighted by molar-refractivity contribution is 6.01. The van der Waals surface area contributed by atoms with Gasteiger partial charge >= 0.3 is 6.09 Å². The van der Waals surface area contributed by atoms with E-state index in [1.807, 2.05) is 44.2 Å². The van der Waals surface area contributed by atoms with E-state index in [1.165, 1.54) is 6.42 Å². The normalized spacial score (nSPS) is 13.8. The summed E-state index contributed by atoms with van der Waals surface area (Å²) in [5.74, 6) is 0.884. The van der Waals surface area contributed by atoms with Crippen LogP contribution < -0.4 is 15.8 Å². The van der Waals surface area contributed by atoms with Crippen LogP contribution in [0.15, 0.2) is 42.5 Å². The number of rotatable bonds is 11. The van der Waals surface area contributed by atoms with Crippen LogP contribution in [0.1, 0.15) is 59.4 Å². The first kappa shape index (κ1) is 25.9. The highest BCUT2D eigenvalue weighted by Gasteiger charge is 2.27.